The average Bonchev–Trinajstić information content (AvgIpc) is 2.95. The van der Waals surface area contributed by atoms with Crippen LogP contribution in [-0.4, -0.2) is 26.8 Å². The first-order valence-corrected chi connectivity index (χ1v) is 10.8. The van der Waals surface area contributed by atoms with Crippen molar-refractivity contribution in [3.8, 4) is 0 Å². The lowest BCUT2D eigenvalue weighted by molar-refractivity contribution is -0.145. The minimum absolute atomic E-state index is 0.204. The first kappa shape index (κ1) is 20.1. The maximum atomic E-state index is 12.0. The number of carbonyl (C=O) groups is 1. The van der Waals surface area contributed by atoms with Crippen LogP contribution in [-0.2, 0) is 26.2 Å². The van der Waals surface area contributed by atoms with E-state index < -0.39 is 10.0 Å². The molecular formula is C21H24N2O4S. The zero-order valence-electron chi connectivity index (χ0n) is 15.8. The number of ether oxygens (including phenoxy) is 1. The highest BCUT2D eigenvalue weighted by Crippen LogP contribution is 2.22. The molecule has 1 heterocycles. The molecule has 0 radical (unpaired) electrons. The van der Waals surface area contributed by atoms with E-state index in [-0.39, 0.29) is 10.9 Å². The number of rotatable bonds is 8. The summed E-state index contributed by atoms with van der Waals surface area (Å²) in [5.41, 5.74) is 2.77. The van der Waals surface area contributed by atoms with Gasteiger partial charge in [0.05, 0.1) is 4.90 Å². The van der Waals surface area contributed by atoms with Gasteiger partial charge in [0, 0.05) is 18.5 Å². The van der Waals surface area contributed by atoms with E-state index in [4.69, 9.17) is 4.74 Å². The monoisotopic (exact) mass is 400 g/mol. The second-order valence-electron chi connectivity index (χ2n) is 6.79. The number of carbonyl (C=O) groups excluding carboxylic acids is 1. The molecule has 0 aromatic heterocycles. The molecule has 1 aliphatic rings. The normalized spacial score (nSPS) is 15.8. The van der Waals surface area contributed by atoms with Crippen LogP contribution in [0.5, 0.6) is 0 Å². The lowest BCUT2D eigenvalue weighted by atomic mass is 10.1. The van der Waals surface area contributed by atoms with E-state index in [9.17, 15) is 13.2 Å². The van der Waals surface area contributed by atoms with E-state index in [1.54, 1.807) is 24.3 Å². The number of benzene rings is 2. The summed E-state index contributed by atoms with van der Waals surface area (Å²) in [7, 11) is -3.49. The number of unbranched alkanes of at least 4 members (excludes halogenated alkanes) is 2. The van der Waals surface area contributed by atoms with Gasteiger partial charge in [0.25, 0.3) is 10.0 Å². The summed E-state index contributed by atoms with van der Waals surface area (Å²) >= 11 is 0. The first-order valence-electron chi connectivity index (χ1n) is 9.33. The van der Waals surface area contributed by atoms with Gasteiger partial charge in [0.2, 0.25) is 0 Å². The van der Waals surface area contributed by atoms with Crippen molar-refractivity contribution in [1.29, 1.82) is 0 Å². The fraction of sp³-hybridized carbons (Fsp3) is 0.333. The van der Waals surface area contributed by atoms with Crippen LogP contribution in [0.4, 0.5) is 0 Å². The topological polar surface area (TPSA) is 84.8 Å². The van der Waals surface area contributed by atoms with Gasteiger partial charge in [-0.25, -0.2) is 8.42 Å². The summed E-state index contributed by atoms with van der Waals surface area (Å²) < 4.78 is 31.8. The molecular weight excluding hydrogens is 376 g/mol. The molecule has 0 spiro atoms. The van der Waals surface area contributed by atoms with Gasteiger partial charge in [-0.15, -0.1) is 0 Å². The Morgan fingerprint density at radius 2 is 1.79 bits per heavy atom. The van der Waals surface area contributed by atoms with Crippen LogP contribution in [0.2, 0.25) is 0 Å². The lowest BCUT2D eigenvalue weighted by Gasteiger charge is -2.05. The van der Waals surface area contributed by atoms with Crippen molar-refractivity contribution in [1.82, 2.24) is 4.72 Å². The summed E-state index contributed by atoms with van der Waals surface area (Å²) in [6.45, 7) is 2.82. The van der Waals surface area contributed by atoms with E-state index in [0.717, 1.165) is 24.8 Å². The molecule has 0 amide bonds. The van der Waals surface area contributed by atoms with Crippen molar-refractivity contribution in [2.45, 2.75) is 44.1 Å². The van der Waals surface area contributed by atoms with Crippen molar-refractivity contribution >= 4 is 21.8 Å². The van der Waals surface area contributed by atoms with Crippen molar-refractivity contribution in [3.05, 3.63) is 65.2 Å². The molecule has 148 valence electrons. The van der Waals surface area contributed by atoms with E-state index in [2.05, 4.69) is 9.71 Å². The van der Waals surface area contributed by atoms with Crippen molar-refractivity contribution in [2.75, 3.05) is 6.54 Å². The molecule has 0 fully saturated rings. The molecule has 1 N–H and O–H groups in total. The molecule has 0 atom stereocenters. The van der Waals surface area contributed by atoms with E-state index >= 15 is 0 Å². The molecule has 1 aliphatic heterocycles. The highest BCUT2D eigenvalue weighted by molar-refractivity contribution is 7.90. The largest absolute Gasteiger partial charge is 0.461 e. The van der Waals surface area contributed by atoms with E-state index in [0.29, 0.717) is 31.0 Å². The molecule has 0 unspecified atom stereocenters. The van der Waals surface area contributed by atoms with Gasteiger partial charge < -0.3 is 4.74 Å². The standard InChI is InChI=1S/C21H24N2O4S/c1-16-10-12-17(13-11-16)15-27-20(24)9-3-2-6-14-22-21-18-7-4-5-8-19(18)28(25,26)23-21/h4-5,7-8,10-13H,2-3,6,9,14-15H2,1H3,(H,22,23). The SMILES string of the molecule is Cc1ccc(COC(=O)CCCCCN=C2NS(=O)(=O)c3ccccc32)cc1. The van der Waals surface area contributed by atoms with Gasteiger partial charge in [0.1, 0.15) is 12.4 Å². The Hall–Kier alpha value is -2.67. The van der Waals surface area contributed by atoms with Crippen molar-refractivity contribution in [2.24, 2.45) is 4.99 Å². The number of aliphatic imine (C=N–C) groups is 1. The summed E-state index contributed by atoms with van der Waals surface area (Å²) in [6, 6.07) is 14.7. The fourth-order valence-electron chi connectivity index (χ4n) is 2.92. The van der Waals surface area contributed by atoms with Gasteiger partial charge in [-0.2, -0.15) is 0 Å². The fourth-order valence-corrected chi connectivity index (χ4v) is 4.17. The van der Waals surface area contributed by atoms with E-state index in [1.165, 1.54) is 5.56 Å². The Labute approximate surface area is 165 Å². The Morgan fingerprint density at radius 1 is 1.04 bits per heavy atom. The third kappa shape index (κ3) is 5.19. The molecule has 0 bridgehead atoms. The van der Waals surface area contributed by atoms with Gasteiger partial charge in [-0.1, -0.05) is 48.4 Å². The number of hydrogen-bond donors (Lipinski definition) is 1. The molecule has 3 rings (SSSR count). The number of nitrogens with one attached hydrogen (secondary N) is 1. The Kier molecular flexibility index (Phi) is 6.46. The predicted molar refractivity (Wildman–Crippen MR) is 108 cm³/mol. The van der Waals surface area contributed by atoms with Crippen LogP contribution in [0.25, 0.3) is 0 Å². The summed E-state index contributed by atoms with van der Waals surface area (Å²) in [5.74, 6) is 0.192. The third-order valence-electron chi connectivity index (χ3n) is 4.49. The second-order valence-corrected chi connectivity index (χ2v) is 8.44. The quantitative estimate of drug-likeness (QED) is 0.544. The number of aryl methyl sites for hydroxylation is 1. The molecule has 2 aromatic carbocycles. The highest BCUT2D eigenvalue weighted by Gasteiger charge is 2.29. The number of amidine groups is 1. The molecule has 0 saturated heterocycles. The minimum atomic E-state index is -3.49. The zero-order chi connectivity index (χ0) is 20.0. The van der Waals surface area contributed by atoms with Gasteiger partial charge in [-0.3, -0.25) is 14.5 Å². The maximum absolute atomic E-state index is 12.0. The number of nitrogens with zero attached hydrogens (tertiary/aromatic N) is 1. The first-order chi connectivity index (χ1) is 13.5. The number of sulfonamides is 1. The number of fused-ring (bicyclic) bond motifs is 1. The molecule has 0 aliphatic carbocycles. The number of hydrogen-bond acceptors (Lipinski definition) is 5. The Bertz CT molecular complexity index is 966. The zero-order valence-corrected chi connectivity index (χ0v) is 16.7. The second kappa shape index (κ2) is 9.01. The van der Waals surface area contributed by atoms with Crippen LogP contribution in [0.3, 0.4) is 0 Å². The minimum Gasteiger partial charge on any atom is -0.461 e. The molecule has 2 aromatic rings. The molecule has 6 nitrogen and oxygen atoms in total. The molecule has 7 heteroatoms. The van der Waals surface area contributed by atoms with Crippen LogP contribution < -0.4 is 4.72 Å². The van der Waals surface area contributed by atoms with Crippen LogP contribution in [0, 0.1) is 6.92 Å². The smallest absolute Gasteiger partial charge is 0.306 e. The van der Waals surface area contributed by atoms with Gasteiger partial charge in [0.15, 0.2) is 0 Å². The predicted octanol–water partition coefficient (Wildman–Crippen LogP) is 3.34. The number of esters is 1. The van der Waals surface area contributed by atoms with Crippen molar-refractivity contribution < 1.29 is 17.9 Å². The maximum Gasteiger partial charge on any atom is 0.306 e. The molecule has 0 saturated carbocycles. The summed E-state index contributed by atoms with van der Waals surface area (Å²) in [5, 5.41) is 0. The Balaban J connectivity index is 1.36. The highest BCUT2D eigenvalue weighted by atomic mass is 32.2. The van der Waals surface area contributed by atoms with Gasteiger partial charge in [-0.05, 0) is 37.5 Å². The van der Waals surface area contributed by atoms with Crippen molar-refractivity contribution in [3.63, 3.8) is 0 Å². The van der Waals surface area contributed by atoms with Crippen LogP contribution in [0.1, 0.15) is 42.4 Å². The van der Waals surface area contributed by atoms with Gasteiger partial charge >= 0.3 is 5.97 Å². The average molecular weight is 401 g/mol. The third-order valence-corrected chi connectivity index (χ3v) is 5.89. The summed E-state index contributed by atoms with van der Waals surface area (Å²) in [4.78, 5) is 16.4. The Morgan fingerprint density at radius 3 is 2.57 bits per heavy atom. The van der Waals surface area contributed by atoms with Crippen LogP contribution >= 0.6 is 0 Å². The van der Waals surface area contributed by atoms with E-state index in [1.807, 2.05) is 31.2 Å². The van der Waals surface area contributed by atoms with Crippen LogP contribution in [0.15, 0.2) is 58.4 Å². The summed E-state index contributed by atoms with van der Waals surface area (Å²) in [6.07, 6.45) is 2.70. The molecule has 28 heavy (non-hydrogen) atoms. The lowest BCUT2D eigenvalue weighted by Crippen LogP contribution is -2.22.